The third kappa shape index (κ3) is 2.38. The fourth-order valence-electron chi connectivity index (χ4n) is 1.29. The highest BCUT2D eigenvalue weighted by molar-refractivity contribution is 9.10. The lowest BCUT2D eigenvalue weighted by Gasteiger charge is -2.14. The van der Waals surface area contributed by atoms with Gasteiger partial charge in [0.1, 0.15) is 0 Å². The SMILES string of the molecule is [CH2]n1cc(Br)c(=O)n([C@@H](C)COC)c1=O. The van der Waals surface area contributed by atoms with Gasteiger partial charge in [-0.25, -0.2) is 4.79 Å². The van der Waals surface area contributed by atoms with Crippen molar-refractivity contribution in [3.63, 3.8) is 0 Å². The number of hydrogen-bond acceptors (Lipinski definition) is 3. The molecule has 6 heteroatoms. The lowest BCUT2D eigenvalue weighted by atomic mass is 10.3. The third-order valence-corrected chi connectivity index (χ3v) is 2.54. The topological polar surface area (TPSA) is 53.2 Å². The molecule has 1 atom stereocenters. The average molecular weight is 276 g/mol. The van der Waals surface area contributed by atoms with E-state index in [2.05, 4.69) is 23.0 Å². The Bertz CT molecular complexity index is 429. The predicted molar refractivity (Wildman–Crippen MR) is 60.0 cm³/mol. The van der Waals surface area contributed by atoms with E-state index >= 15 is 0 Å². The van der Waals surface area contributed by atoms with Crippen molar-refractivity contribution in [2.75, 3.05) is 13.7 Å². The second kappa shape index (κ2) is 4.76. The van der Waals surface area contributed by atoms with E-state index in [1.807, 2.05) is 0 Å². The maximum absolute atomic E-state index is 11.7. The monoisotopic (exact) mass is 275 g/mol. The molecule has 0 aliphatic rings. The molecule has 15 heavy (non-hydrogen) atoms. The molecule has 0 unspecified atom stereocenters. The minimum atomic E-state index is -0.451. The summed E-state index contributed by atoms with van der Waals surface area (Å²) in [7, 11) is 5.01. The van der Waals surface area contributed by atoms with Gasteiger partial charge in [-0.1, -0.05) is 0 Å². The van der Waals surface area contributed by atoms with Gasteiger partial charge in [0.2, 0.25) is 0 Å². The Morgan fingerprint density at radius 1 is 1.60 bits per heavy atom. The summed E-state index contributed by atoms with van der Waals surface area (Å²) in [6.45, 7) is 2.03. The van der Waals surface area contributed by atoms with Gasteiger partial charge in [-0.05, 0) is 22.9 Å². The average Bonchev–Trinajstić information content (AvgIpc) is 2.16. The van der Waals surface area contributed by atoms with Gasteiger partial charge in [-0.2, -0.15) is 0 Å². The molecule has 1 aromatic heterocycles. The van der Waals surface area contributed by atoms with E-state index in [4.69, 9.17) is 4.74 Å². The van der Waals surface area contributed by atoms with Gasteiger partial charge in [0.15, 0.2) is 0 Å². The Kier molecular flexibility index (Phi) is 3.87. The van der Waals surface area contributed by atoms with E-state index in [9.17, 15) is 9.59 Å². The summed E-state index contributed by atoms with van der Waals surface area (Å²) in [4.78, 5) is 23.3. The second-order valence-electron chi connectivity index (χ2n) is 3.21. The fourth-order valence-corrected chi connectivity index (χ4v) is 1.73. The Morgan fingerprint density at radius 3 is 2.73 bits per heavy atom. The van der Waals surface area contributed by atoms with E-state index in [-0.39, 0.29) is 11.6 Å². The number of nitrogens with zero attached hydrogens (tertiary/aromatic N) is 2. The van der Waals surface area contributed by atoms with Crippen LogP contribution >= 0.6 is 15.9 Å². The minimum Gasteiger partial charge on any atom is -0.383 e. The van der Waals surface area contributed by atoms with Crippen molar-refractivity contribution in [1.29, 1.82) is 0 Å². The van der Waals surface area contributed by atoms with Crippen LogP contribution in [0.5, 0.6) is 0 Å². The van der Waals surface area contributed by atoms with Crippen LogP contribution in [-0.2, 0) is 4.74 Å². The van der Waals surface area contributed by atoms with Crippen molar-refractivity contribution >= 4 is 15.9 Å². The highest BCUT2D eigenvalue weighted by Crippen LogP contribution is 2.03. The van der Waals surface area contributed by atoms with Crippen molar-refractivity contribution in [2.45, 2.75) is 13.0 Å². The molecule has 0 spiro atoms. The summed E-state index contributed by atoms with van der Waals surface area (Å²) in [5.74, 6) is 0. The lowest BCUT2D eigenvalue weighted by Crippen LogP contribution is -2.41. The van der Waals surface area contributed by atoms with Crippen LogP contribution < -0.4 is 11.2 Å². The van der Waals surface area contributed by atoms with Gasteiger partial charge < -0.3 is 4.74 Å². The molecule has 1 aromatic rings. The van der Waals surface area contributed by atoms with Crippen LogP contribution in [0.1, 0.15) is 13.0 Å². The molecule has 0 aromatic carbocycles. The van der Waals surface area contributed by atoms with Crippen LogP contribution in [-0.4, -0.2) is 22.9 Å². The molecule has 5 nitrogen and oxygen atoms in total. The molecule has 1 radical (unpaired) electrons. The van der Waals surface area contributed by atoms with Gasteiger partial charge in [0.25, 0.3) is 5.56 Å². The Balaban J connectivity index is 3.40. The number of rotatable bonds is 3. The maximum atomic E-state index is 11.7. The maximum Gasteiger partial charge on any atom is 0.331 e. The highest BCUT2D eigenvalue weighted by atomic mass is 79.9. The number of aromatic nitrogens is 2. The number of ether oxygens (including phenoxy) is 1. The number of hydrogen-bond donors (Lipinski definition) is 0. The van der Waals surface area contributed by atoms with Gasteiger partial charge in [0.05, 0.1) is 17.1 Å². The smallest absolute Gasteiger partial charge is 0.331 e. The van der Waals surface area contributed by atoms with Crippen LogP contribution in [0.3, 0.4) is 0 Å². The molecule has 1 rings (SSSR count). The van der Waals surface area contributed by atoms with Crippen molar-refractivity contribution in [2.24, 2.45) is 0 Å². The zero-order valence-corrected chi connectivity index (χ0v) is 10.2. The normalized spacial score (nSPS) is 12.8. The Morgan fingerprint density at radius 2 is 2.20 bits per heavy atom. The summed E-state index contributed by atoms with van der Waals surface area (Å²) in [6.07, 6.45) is 1.35. The quantitative estimate of drug-likeness (QED) is 0.813. The largest absolute Gasteiger partial charge is 0.383 e. The van der Waals surface area contributed by atoms with Crippen LogP contribution in [0, 0.1) is 7.05 Å². The molecular weight excluding hydrogens is 264 g/mol. The van der Waals surface area contributed by atoms with Crippen molar-refractivity contribution in [1.82, 2.24) is 9.13 Å². The van der Waals surface area contributed by atoms with Gasteiger partial charge >= 0.3 is 5.69 Å². The zero-order valence-electron chi connectivity index (χ0n) is 8.57. The van der Waals surface area contributed by atoms with E-state index in [1.54, 1.807) is 6.92 Å². The zero-order chi connectivity index (χ0) is 11.6. The van der Waals surface area contributed by atoms with Crippen LogP contribution in [0.15, 0.2) is 20.3 Å². The first kappa shape index (κ1) is 12.2. The standard InChI is InChI=1S/C9H12BrN2O3/c1-6(5-15-3)12-8(13)7(10)4-11(2)9(12)14/h4,6H,2,5H2,1,3H3/t6-/m0/s1. The number of methoxy groups -OCH3 is 1. The number of halogens is 1. The Hall–Kier alpha value is -0.880. The molecule has 0 fully saturated rings. The van der Waals surface area contributed by atoms with E-state index in [0.29, 0.717) is 11.1 Å². The van der Waals surface area contributed by atoms with E-state index in [0.717, 1.165) is 9.13 Å². The first-order chi connectivity index (χ1) is 6.99. The molecule has 0 saturated heterocycles. The van der Waals surface area contributed by atoms with Crippen LogP contribution in [0.4, 0.5) is 0 Å². The van der Waals surface area contributed by atoms with Gasteiger partial charge in [-0.15, -0.1) is 0 Å². The minimum absolute atomic E-state index is 0.297. The fraction of sp³-hybridized carbons (Fsp3) is 0.444. The van der Waals surface area contributed by atoms with Crippen LogP contribution in [0.2, 0.25) is 0 Å². The molecule has 1 heterocycles. The van der Waals surface area contributed by atoms with Crippen LogP contribution in [0.25, 0.3) is 0 Å². The first-order valence-corrected chi connectivity index (χ1v) is 5.11. The first-order valence-electron chi connectivity index (χ1n) is 4.32. The van der Waals surface area contributed by atoms with Crippen molar-refractivity contribution in [3.05, 3.63) is 38.6 Å². The molecular formula is C9H12BrN2O3. The third-order valence-electron chi connectivity index (χ3n) is 1.99. The summed E-state index contributed by atoms with van der Waals surface area (Å²) in [6, 6.07) is -0.319. The molecule has 0 saturated carbocycles. The molecule has 0 aliphatic carbocycles. The highest BCUT2D eigenvalue weighted by Gasteiger charge is 2.13. The summed E-state index contributed by atoms with van der Waals surface area (Å²) in [5, 5.41) is 0. The molecule has 83 valence electrons. The molecule has 0 aliphatic heterocycles. The van der Waals surface area contributed by atoms with Crippen molar-refractivity contribution < 1.29 is 4.74 Å². The Labute approximate surface area is 95.4 Å². The van der Waals surface area contributed by atoms with Gasteiger partial charge in [-0.3, -0.25) is 13.9 Å². The summed E-state index contributed by atoms with van der Waals surface area (Å²) >= 11 is 3.08. The molecule has 0 amide bonds. The summed E-state index contributed by atoms with van der Waals surface area (Å²) < 4.78 is 7.43. The summed E-state index contributed by atoms with van der Waals surface area (Å²) in [5.41, 5.74) is -0.822. The second-order valence-corrected chi connectivity index (χ2v) is 4.06. The van der Waals surface area contributed by atoms with E-state index < -0.39 is 5.69 Å². The van der Waals surface area contributed by atoms with E-state index in [1.165, 1.54) is 13.3 Å². The molecule has 0 bridgehead atoms. The predicted octanol–water partition coefficient (Wildman–Crippen LogP) is 0.620. The molecule has 0 N–H and O–H groups in total. The lowest BCUT2D eigenvalue weighted by molar-refractivity contribution is 0.158. The van der Waals surface area contributed by atoms with Crippen molar-refractivity contribution in [3.8, 4) is 0 Å². The van der Waals surface area contributed by atoms with Gasteiger partial charge in [0, 0.05) is 20.4 Å².